The minimum absolute atomic E-state index is 0.117. The van der Waals surface area contributed by atoms with Crippen LogP contribution in [0.15, 0.2) is 16.8 Å². The van der Waals surface area contributed by atoms with Crippen LogP contribution in [-0.2, 0) is 0 Å². The normalized spacial score (nSPS) is 39.5. The lowest BCUT2D eigenvalue weighted by Crippen LogP contribution is -2.51. The summed E-state index contributed by atoms with van der Waals surface area (Å²) in [4.78, 5) is 12.0. The third-order valence-electron chi connectivity index (χ3n) is 5.45. The first-order valence-corrected chi connectivity index (χ1v) is 7.41. The SMILES string of the molecule is O=C(NCC12CC3CC(CC(C3)C1)C2)c1ccno1. The maximum Gasteiger partial charge on any atom is 0.289 e. The summed E-state index contributed by atoms with van der Waals surface area (Å²) in [5, 5.41) is 6.65. The van der Waals surface area contributed by atoms with E-state index < -0.39 is 0 Å². The van der Waals surface area contributed by atoms with Gasteiger partial charge < -0.3 is 9.84 Å². The molecular weight excluding hydrogens is 240 g/mol. The zero-order valence-electron chi connectivity index (χ0n) is 11.1. The van der Waals surface area contributed by atoms with Crippen LogP contribution < -0.4 is 5.32 Å². The number of carbonyl (C=O) groups excluding carboxylic acids is 1. The van der Waals surface area contributed by atoms with E-state index in [4.69, 9.17) is 4.52 Å². The van der Waals surface area contributed by atoms with Gasteiger partial charge in [-0.2, -0.15) is 0 Å². The first-order chi connectivity index (χ1) is 9.22. The molecule has 0 aliphatic heterocycles. The average Bonchev–Trinajstić information content (AvgIpc) is 2.88. The fraction of sp³-hybridized carbons (Fsp3) is 0.733. The van der Waals surface area contributed by atoms with Gasteiger partial charge in [-0.3, -0.25) is 4.79 Å². The smallest absolute Gasteiger partial charge is 0.289 e. The van der Waals surface area contributed by atoms with E-state index in [0.29, 0.717) is 11.2 Å². The van der Waals surface area contributed by atoms with Gasteiger partial charge >= 0.3 is 0 Å². The van der Waals surface area contributed by atoms with Crippen LogP contribution in [0.5, 0.6) is 0 Å². The molecule has 4 aliphatic rings. The van der Waals surface area contributed by atoms with Gasteiger partial charge in [-0.1, -0.05) is 5.16 Å². The molecule has 4 fully saturated rings. The first-order valence-electron chi connectivity index (χ1n) is 7.41. The summed E-state index contributed by atoms with van der Waals surface area (Å²) in [6, 6.07) is 1.62. The van der Waals surface area contributed by atoms with E-state index in [2.05, 4.69) is 10.5 Å². The van der Waals surface area contributed by atoms with Gasteiger partial charge in [-0.05, 0) is 61.7 Å². The van der Waals surface area contributed by atoms with E-state index >= 15 is 0 Å². The predicted octanol–water partition coefficient (Wildman–Crippen LogP) is 2.62. The van der Waals surface area contributed by atoms with E-state index in [9.17, 15) is 4.79 Å². The Labute approximate surface area is 112 Å². The fourth-order valence-corrected chi connectivity index (χ4v) is 5.19. The molecular formula is C15H20N2O2. The second-order valence-corrected chi connectivity index (χ2v) is 6.98. The zero-order chi connectivity index (χ0) is 12.9. The predicted molar refractivity (Wildman–Crippen MR) is 69.4 cm³/mol. The maximum atomic E-state index is 12.0. The van der Waals surface area contributed by atoms with Crippen LogP contribution in [0.25, 0.3) is 0 Å². The summed E-state index contributed by atoms with van der Waals surface area (Å²) in [5.41, 5.74) is 0.379. The molecule has 1 N–H and O–H groups in total. The number of carbonyl (C=O) groups is 1. The molecule has 1 aromatic heterocycles. The van der Waals surface area contributed by atoms with Crippen molar-refractivity contribution in [2.75, 3.05) is 6.54 Å². The standard InChI is InChI=1S/C15H20N2O2/c18-14(13-1-2-17-19-13)16-9-15-6-10-3-11(7-15)5-12(4-10)8-15/h1-2,10-12H,3-9H2,(H,16,18). The molecule has 0 aromatic carbocycles. The van der Waals surface area contributed by atoms with Crippen molar-refractivity contribution in [3.63, 3.8) is 0 Å². The first kappa shape index (κ1) is 11.5. The Morgan fingerprint density at radius 1 is 1.26 bits per heavy atom. The third kappa shape index (κ3) is 1.97. The summed E-state index contributed by atoms with van der Waals surface area (Å²) in [6.07, 6.45) is 9.78. The Balaban J connectivity index is 1.44. The molecule has 102 valence electrons. The average molecular weight is 260 g/mol. The molecule has 4 saturated carbocycles. The molecule has 4 bridgehead atoms. The number of hydrogen-bond donors (Lipinski definition) is 1. The van der Waals surface area contributed by atoms with Gasteiger partial charge in [0.15, 0.2) is 0 Å². The molecule has 4 aliphatic carbocycles. The Hall–Kier alpha value is -1.32. The quantitative estimate of drug-likeness (QED) is 0.909. The van der Waals surface area contributed by atoms with Crippen molar-refractivity contribution in [3.8, 4) is 0 Å². The fourth-order valence-electron chi connectivity index (χ4n) is 5.19. The highest BCUT2D eigenvalue weighted by Crippen LogP contribution is 2.59. The summed E-state index contributed by atoms with van der Waals surface area (Å²) in [6.45, 7) is 0.816. The van der Waals surface area contributed by atoms with E-state index in [1.54, 1.807) is 6.07 Å². The van der Waals surface area contributed by atoms with Crippen molar-refractivity contribution in [3.05, 3.63) is 18.0 Å². The molecule has 0 unspecified atom stereocenters. The minimum atomic E-state index is -0.117. The van der Waals surface area contributed by atoms with Crippen molar-refractivity contribution in [2.45, 2.75) is 38.5 Å². The van der Waals surface area contributed by atoms with Crippen molar-refractivity contribution in [2.24, 2.45) is 23.2 Å². The van der Waals surface area contributed by atoms with Crippen molar-refractivity contribution >= 4 is 5.91 Å². The van der Waals surface area contributed by atoms with Gasteiger partial charge in [-0.25, -0.2) is 0 Å². The van der Waals surface area contributed by atoms with Gasteiger partial charge in [0.25, 0.3) is 5.91 Å². The van der Waals surface area contributed by atoms with Crippen molar-refractivity contribution in [1.82, 2.24) is 10.5 Å². The van der Waals surface area contributed by atoms with Crippen LogP contribution in [0.2, 0.25) is 0 Å². The van der Waals surface area contributed by atoms with Crippen LogP contribution in [0.1, 0.15) is 49.1 Å². The zero-order valence-corrected chi connectivity index (χ0v) is 11.1. The van der Waals surface area contributed by atoms with E-state index in [0.717, 1.165) is 24.3 Å². The lowest BCUT2D eigenvalue weighted by molar-refractivity contribution is -0.0504. The van der Waals surface area contributed by atoms with Gasteiger partial charge in [0.1, 0.15) is 0 Å². The lowest BCUT2D eigenvalue weighted by Gasteiger charge is -2.56. The molecule has 19 heavy (non-hydrogen) atoms. The Bertz CT molecular complexity index is 445. The molecule has 4 nitrogen and oxygen atoms in total. The van der Waals surface area contributed by atoms with Crippen molar-refractivity contribution in [1.29, 1.82) is 0 Å². The number of amides is 1. The summed E-state index contributed by atoms with van der Waals surface area (Å²) in [5.74, 6) is 2.98. The number of nitrogens with zero attached hydrogens (tertiary/aromatic N) is 1. The molecule has 1 amide bonds. The lowest BCUT2D eigenvalue weighted by atomic mass is 9.49. The van der Waals surface area contributed by atoms with Gasteiger partial charge in [0.2, 0.25) is 5.76 Å². The minimum Gasteiger partial charge on any atom is -0.351 e. The van der Waals surface area contributed by atoms with E-state index in [1.165, 1.54) is 44.7 Å². The number of rotatable bonds is 3. The highest BCUT2D eigenvalue weighted by molar-refractivity contribution is 5.91. The Kier molecular flexibility index (Phi) is 2.47. The number of aromatic nitrogens is 1. The largest absolute Gasteiger partial charge is 0.351 e. The van der Waals surface area contributed by atoms with Crippen LogP contribution in [0, 0.1) is 23.2 Å². The maximum absolute atomic E-state index is 12.0. The number of nitrogens with one attached hydrogen (secondary N) is 1. The second kappa shape index (κ2) is 4.09. The highest BCUT2D eigenvalue weighted by Gasteiger charge is 2.50. The molecule has 1 aromatic rings. The Morgan fingerprint density at radius 3 is 2.42 bits per heavy atom. The van der Waals surface area contributed by atoms with Gasteiger partial charge in [0, 0.05) is 12.6 Å². The van der Waals surface area contributed by atoms with Crippen LogP contribution in [0.4, 0.5) is 0 Å². The molecule has 4 heteroatoms. The van der Waals surface area contributed by atoms with Gasteiger partial charge in [-0.15, -0.1) is 0 Å². The Morgan fingerprint density at radius 2 is 1.89 bits per heavy atom. The second-order valence-electron chi connectivity index (χ2n) is 6.98. The van der Waals surface area contributed by atoms with E-state index in [1.807, 2.05) is 0 Å². The van der Waals surface area contributed by atoms with Gasteiger partial charge in [0.05, 0.1) is 6.20 Å². The van der Waals surface area contributed by atoms with Crippen LogP contribution in [0.3, 0.4) is 0 Å². The molecule has 0 saturated heterocycles. The third-order valence-corrected chi connectivity index (χ3v) is 5.45. The molecule has 5 rings (SSSR count). The van der Waals surface area contributed by atoms with Crippen LogP contribution >= 0.6 is 0 Å². The molecule has 0 atom stereocenters. The monoisotopic (exact) mass is 260 g/mol. The summed E-state index contributed by atoms with van der Waals surface area (Å²) < 4.78 is 4.90. The molecule has 1 heterocycles. The summed E-state index contributed by atoms with van der Waals surface area (Å²) >= 11 is 0. The van der Waals surface area contributed by atoms with E-state index in [-0.39, 0.29) is 5.91 Å². The highest BCUT2D eigenvalue weighted by atomic mass is 16.5. The van der Waals surface area contributed by atoms with Crippen molar-refractivity contribution < 1.29 is 9.32 Å². The molecule has 0 radical (unpaired) electrons. The molecule has 0 spiro atoms. The number of hydrogen-bond acceptors (Lipinski definition) is 3. The summed E-state index contributed by atoms with van der Waals surface area (Å²) in [7, 11) is 0. The topological polar surface area (TPSA) is 55.1 Å². The van der Waals surface area contributed by atoms with Crippen LogP contribution in [-0.4, -0.2) is 17.6 Å².